The standard InChI is InChI=1S/C9H6ClF5O/c10-4-5-2-1-3-6(8(11)12)7(5)16-9(13,14)15/h1-3,8H,4H2. The third-order valence-corrected chi connectivity index (χ3v) is 2.01. The molecule has 0 spiro atoms. The molecule has 16 heavy (non-hydrogen) atoms. The SMILES string of the molecule is FC(F)c1cccc(CCl)c1OC(F)(F)F. The summed E-state index contributed by atoms with van der Waals surface area (Å²) in [7, 11) is 0. The Hall–Kier alpha value is -1.04. The minimum atomic E-state index is -5.02. The van der Waals surface area contributed by atoms with Gasteiger partial charge in [-0.2, -0.15) is 0 Å². The lowest BCUT2D eigenvalue weighted by Gasteiger charge is -2.15. The van der Waals surface area contributed by atoms with Crippen molar-refractivity contribution in [2.24, 2.45) is 0 Å². The highest BCUT2D eigenvalue weighted by Gasteiger charge is 2.34. The summed E-state index contributed by atoms with van der Waals surface area (Å²) in [6.07, 6.45) is -8.08. The van der Waals surface area contributed by atoms with Crippen LogP contribution in [0.5, 0.6) is 5.75 Å². The Bertz CT molecular complexity index is 363. The molecule has 0 aliphatic heterocycles. The number of hydrogen-bond donors (Lipinski definition) is 0. The van der Waals surface area contributed by atoms with Crippen LogP contribution in [-0.4, -0.2) is 6.36 Å². The molecule has 1 aromatic carbocycles. The molecule has 1 rings (SSSR count). The summed E-state index contributed by atoms with van der Waals surface area (Å²) in [5.74, 6) is -1.26. The first-order chi connectivity index (χ1) is 7.35. The van der Waals surface area contributed by atoms with Gasteiger partial charge in [0.05, 0.1) is 11.4 Å². The topological polar surface area (TPSA) is 9.23 Å². The van der Waals surface area contributed by atoms with Crippen LogP contribution in [-0.2, 0) is 5.88 Å². The largest absolute Gasteiger partial charge is 0.573 e. The summed E-state index contributed by atoms with van der Waals surface area (Å²) < 4.78 is 64.4. The number of halogens is 6. The zero-order valence-electron chi connectivity index (χ0n) is 7.69. The molecule has 0 saturated carbocycles. The van der Waals surface area contributed by atoms with E-state index in [2.05, 4.69) is 4.74 Å². The van der Waals surface area contributed by atoms with Gasteiger partial charge in [0.2, 0.25) is 0 Å². The van der Waals surface area contributed by atoms with Crippen molar-refractivity contribution in [1.29, 1.82) is 0 Å². The lowest BCUT2D eigenvalue weighted by molar-refractivity contribution is -0.275. The Morgan fingerprint density at radius 1 is 1.25 bits per heavy atom. The number of ether oxygens (including phenoxy) is 1. The average Bonchev–Trinajstić information content (AvgIpc) is 2.15. The highest BCUT2D eigenvalue weighted by Crippen LogP contribution is 2.36. The molecule has 0 amide bonds. The number of para-hydroxylation sites is 1. The summed E-state index contributed by atoms with van der Waals surface area (Å²) in [5.41, 5.74) is -0.952. The van der Waals surface area contributed by atoms with Crippen molar-refractivity contribution in [1.82, 2.24) is 0 Å². The molecule has 0 aliphatic carbocycles. The molecule has 0 radical (unpaired) electrons. The van der Waals surface area contributed by atoms with Crippen molar-refractivity contribution >= 4 is 11.6 Å². The average molecular weight is 261 g/mol. The van der Waals surface area contributed by atoms with Crippen molar-refractivity contribution < 1.29 is 26.7 Å². The summed E-state index contributed by atoms with van der Waals surface area (Å²) in [5, 5.41) is 0. The first-order valence-electron chi connectivity index (χ1n) is 4.07. The Morgan fingerprint density at radius 2 is 1.88 bits per heavy atom. The van der Waals surface area contributed by atoms with Crippen LogP contribution < -0.4 is 4.74 Å². The van der Waals surface area contributed by atoms with Crippen LogP contribution in [0.25, 0.3) is 0 Å². The van der Waals surface area contributed by atoms with E-state index in [9.17, 15) is 22.0 Å². The van der Waals surface area contributed by atoms with Crippen LogP contribution in [0.1, 0.15) is 17.6 Å². The minimum Gasteiger partial charge on any atom is -0.405 e. The van der Waals surface area contributed by atoms with Gasteiger partial charge in [0.15, 0.2) is 0 Å². The van der Waals surface area contributed by atoms with E-state index in [1.165, 1.54) is 12.1 Å². The van der Waals surface area contributed by atoms with Crippen LogP contribution >= 0.6 is 11.6 Å². The van der Waals surface area contributed by atoms with Gasteiger partial charge in [-0.3, -0.25) is 0 Å². The molecule has 0 aliphatic rings. The summed E-state index contributed by atoms with van der Waals surface area (Å²) in [6.45, 7) is 0. The fourth-order valence-corrected chi connectivity index (χ4v) is 1.33. The molecule has 0 aromatic heterocycles. The minimum absolute atomic E-state index is 0.128. The second kappa shape index (κ2) is 4.86. The van der Waals surface area contributed by atoms with E-state index in [4.69, 9.17) is 11.6 Å². The Kier molecular flexibility index (Phi) is 3.96. The zero-order chi connectivity index (χ0) is 12.3. The number of benzene rings is 1. The Morgan fingerprint density at radius 3 is 2.31 bits per heavy atom. The van der Waals surface area contributed by atoms with E-state index in [-0.39, 0.29) is 11.4 Å². The molecular weight excluding hydrogens is 255 g/mol. The molecule has 0 bridgehead atoms. The molecule has 1 nitrogen and oxygen atoms in total. The molecule has 0 fully saturated rings. The summed E-state index contributed by atoms with van der Waals surface area (Å²) in [4.78, 5) is 0. The van der Waals surface area contributed by atoms with Gasteiger partial charge in [-0.15, -0.1) is 24.8 Å². The highest BCUT2D eigenvalue weighted by molar-refractivity contribution is 6.17. The van der Waals surface area contributed by atoms with Gasteiger partial charge in [0.1, 0.15) is 5.75 Å². The van der Waals surface area contributed by atoms with Gasteiger partial charge in [0, 0.05) is 5.56 Å². The normalized spacial score (nSPS) is 11.9. The van der Waals surface area contributed by atoms with Crippen molar-refractivity contribution in [3.05, 3.63) is 29.3 Å². The van der Waals surface area contributed by atoms with Crippen molar-refractivity contribution in [3.8, 4) is 5.75 Å². The van der Waals surface area contributed by atoms with E-state index in [0.717, 1.165) is 6.07 Å². The fraction of sp³-hybridized carbons (Fsp3) is 0.333. The second-order valence-corrected chi connectivity index (χ2v) is 3.08. The molecule has 0 saturated heterocycles. The van der Waals surface area contributed by atoms with E-state index >= 15 is 0 Å². The maximum absolute atomic E-state index is 12.4. The smallest absolute Gasteiger partial charge is 0.405 e. The Labute approximate surface area is 92.8 Å². The third kappa shape index (κ3) is 3.23. The van der Waals surface area contributed by atoms with Gasteiger partial charge >= 0.3 is 6.36 Å². The van der Waals surface area contributed by atoms with Crippen LogP contribution in [0.4, 0.5) is 22.0 Å². The fourth-order valence-electron chi connectivity index (χ4n) is 1.12. The van der Waals surface area contributed by atoms with Gasteiger partial charge < -0.3 is 4.74 Å². The van der Waals surface area contributed by atoms with E-state index in [1.807, 2.05) is 0 Å². The monoisotopic (exact) mass is 260 g/mol. The Balaban J connectivity index is 3.20. The van der Waals surface area contributed by atoms with Crippen LogP contribution in [0.2, 0.25) is 0 Å². The molecule has 0 atom stereocenters. The third-order valence-electron chi connectivity index (χ3n) is 1.72. The molecule has 1 aromatic rings. The summed E-state index contributed by atoms with van der Waals surface area (Å²) in [6, 6.07) is 3.25. The van der Waals surface area contributed by atoms with E-state index < -0.39 is 24.1 Å². The predicted molar refractivity (Wildman–Crippen MR) is 47.6 cm³/mol. The molecule has 90 valence electrons. The number of rotatable bonds is 3. The number of alkyl halides is 6. The zero-order valence-corrected chi connectivity index (χ0v) is 8.45. The molecular formula is C9H6ClF5O. The number of hydrogen-bond acceptors (Lipinski definition) is 1. The highest BCUT2D eigenvalue weighted by atomic mass is 35.5. The van der Waals surface area contributed by atoms with Gasteiger partial charge in [-0.05, 0) is 6.07 Å². The maximum Gasteiger partial charge on any atom is 0.573 e. The van der Waals surface area contributed by atoms with Crippen LogP contribution in [0.15, 0.2) is 18.2 Å². The maximum atomic E-state index is 12.4. The quantitative estimate of drug-likeness (QED) is 0.583. The second-order valence-electron chi connectivity index (χ2n) is 2.82. The van der Waals surface area contributed by atoms with Gasteiger partial charge in [0.25, 0.3) is 6.43 Å². The molecule has 0 N–H and O–H groups in total. The summed E-state index contributed by atoms with van der Waals surface area (Å²) >= 11 is 5.35. The van der Waals surface area contributed by atoms with Crippen molar-refractivity contribution in [2.75, 3.05) is 0 Å². The van der Waals surface area contributed by atoms with Gasteiger partial charge in [-0.1, -0.05) is 12.1 Å². The van der Waals surface area contributed by atoms with Crippen LogP contribution in [0.3, 0.4) is 0 Å². The molecule has 0 unspecified atom stereocenters. The molecule has 0 heterocycles. The first-order valence-corrected chi connectivity index (χ1v) is 4.60. The first kappa shape index (κ1) is 13.0. The molecule has 7 heteroatoms. The lowest BCUT2D eigenvalue weighted by atomic mass is 10.1. The van der Waals surface area contributed by atoms with E-state index in [0.29, 0.717) is 0 Å². The van der Waals surface area contributed by atoms with Gasteiger partial charge in [-0.25, -0.2) is 8.78 Å². The van der Waals surface area contributed by atoms with Crippen molar-refractivity contribution in [3.63, 3.8) is 0 Å². The van der Waals surface area contributed by atoms with Crippen molar-refractivity contribution in [2.45, 2.75) is 18.7 Å². The van der Waals surface area contributed by atoms with E-state index in [1.54, 1.807) is 0 Å². The predicted octanol–water partition coefficient (Wildman–Crippen LogP) is 4.26. The van der Waals surface area contributed by atoms with Crippen LogP contribution in [0, 0.1) is 0 Å². The lowest BCUT2D eigenvalue weighted by Crippen LogP contribution is -2.19.